The van der Waals surface area contributed by atoms with Gasteiger partial charge in [-0.3, -0.25) is 4.98 Å². The molecule has 0 aliphatic rings. The van der Waals surface area contributed by atoms with Crippen LogP contribution < -0.4 is 15.4 Å². The van der Waals surface area contributed by atoms with Crippen molar-refractivity contribution >= 4 is 11.7 Å². The maximum atomic E-state index is 13.5. The first kappa shape index (κ1) is 15.7. The Labute approximate surface area is 126 Å². The van der Waals surface area contributed by atoms with Gasteiger partial charge in [-0.1, -0.05) is 6.07 Å². The van der Waals surface area contributed by atoms with E-state index in [9.17, 15) is 13.6 Å². The number of benzene rings is 1. The molecule has 116 valence electrons. The molecule has 0 spiro atoms. The number of ether oxygens (including phenoxy) is 1. The number of amides is 2. The molecular formula is C15H15F2N3O2. The van der Waals surface area contributed by atoms with Gasteiger partial charge < -0.3 is 15.4 Å². The zero-order valence-corrected chi connectivity index (χ0v) is 11.9. The summed E-state index contributed by atoms with van der Waals surface area (Å²) in [4.78, 5) is 15.8. The van der Waals surface area contributed by atoms with Crippen LogP contribution in [0.5, 0.6) is 5.75 Å². The Kier molecular flexibility index (Phi) is 5.24. The number of carbonyl (C=O) groups is 1. The van der Waals surface area contributed by atoms with Gasteiger partial charge in [-0.2, -0.15) is 0 Å². The molecule has 0 saturated heterocycles. The maximum Gasteiger partial charge on any atom is 0.319 e. The second kappa shape index (κ2) is 7.35. The highest BCUT2D eigenvalue weighted by molar-refractivity contribution is 5.89. The third-order valence-electron chi connectivity index (χ3n) is 2.85. The van der Waals surface area contributed by atoms with Crippen molar-refractivity contribution in [3.05, 3.63) is 53.9 Å². The number of urea groups is 1. The summed E-state index contributed by atoms with van der Waals surface area (Å²) in [6, 6.07) is 6.91. The predicted octanol–water partition coefficient (Wildman–Crippen LogP) is 2.73. The molecule has 0 atom stereocenters. The highest BCUT2D eigenvalue weighted by Gasteiger charge is 2.12. The number of anilines is 1. The lowest BCUT2D eigenvalue weighted by Crippen LogP contribution is -2.30. The number of aromatic nitrogens is 1. The van der Waals surface area contributed by atoms with Crippen LogP contribution in [-0.4, -0.2) is 24.7 Å². The van der Waals surface area contributed by atoms with Gasteiger partial charge in [0.05, 0.1) is 7.11 Å². The average Bonchev–Trinajstić information content (AvgIpc) is 2.48. The fourth-order valence-electron chi connectivity index (χ4n) is 1.85. The summed E-state index contributed by atoms with van der Waals surface area (Å²) in [5.41, 5.74) is 0.843. The fraction of sp³-hybridized carbons (Fsp3) is 0.200. The van der Waals surface area contributed by atoms with Crippen LogP contribution in [0.25, 0.3) is 0 Å². The van der Waals surface area contributed by atoms with Gasteiger partial charge in [-0.25, -0.2) is 13.6 Å². The van der Waals surface area contributed by atoms with E-state index in [2.05, 4.69) is 20.4 Å². The molecule has 7 heteroatoms. The molecule has 2 amide bonds. The highest BCUT2D eigenvalue weighted by Crippen LogP contribution is 2.25. The first-order chi connectivity index (χ1) is 10.6. The monoisotopic (exact) mass is 307 g/mol. The van der Waals surface area contributed by atoms with Gasteiger partial charge in [0, 0.05) is 42.7 Å². The van der Waals surface area contributed by atoms with Crippen LogP contribution >= 0.6 is 0 Å². The summed E-state index contributed by atoms with van der Waals surface area (Å²) in [7, 11) is 1.17. The van der Waals surface area contributed by atoms with Gasteiger partial charge in [-0.05, 0) is 12.1 Å². The van der Waals surface area contributed by atoms with Gasteiger partial charge in [0.1, 0.15) is 0 Å². The second-order valence-corrected chi connectivity index (χ2v) is 4.43. The molecule has 0 aliphatic heterocycles. The third-order valence-corrected chi connectivity index (χ3v) is 2.85. The van der Waals surface area contributed by atoms with Crippen LogP contribution in [0.15, 0.2) is 36.5 Å². The molecule has 0 saturated carbocycles. The Morgan fingerprint density at radius 2 is 2.00 bits per heavy atom. The molecule has 2 aromatic rings. The number of pyridine rings is 1. The number of rotatable bonds is 5. The van der Waals surface area contributed by atoms with Crippen LogP contribution in [0, 0.1) is 11.6 Å². The van der Waals surface area contributed by atoms with E-state index in [1.54, 1.807) is 12.3 Å². The van der Waals surface area contributed by atoms with Crippen molar-refractivity contribution in [2.24, 2.45) is 0 Å². The van der Waals surface area contributed by atoms with E-state index < -0.39 is 23.4 Å². The molecule has 5 nitrogen and oxygen atoms in total. The van der Waals surface area contributed by atoms with E-state index in [1.165, 1.54) is 7.11 Å². The van der Waals surface area contributed by atoms with E-state index in [1.807, 2.05) is 12.1 Å². The van der Waals surface area contributed by atoms with Crippen LogP contribution in [0.1, 0.15) is 5.69 Å². The number of hydrogen-bond acceptors (Lipinski definition) is 3. The Morgan fingerprint density at radius 1 is 1.27 bits per heavy atom. The summed E-state index contributed by atoms with van der Waals surface area (Å²) >= 11 is 0. The minimum absolute atomic E-state index is 0.00568. The molecule has 2 rings (SSSR count). The summed E-state index contributed by atoms with van der Waals surface area (Å²) < 4.78 is 31.5. The number of halogens is 2. The minimum Gasteiger partial charge on any atom is -0.491 e. The molecule has 0 unspecified atom stereocenters. The lowest BCUT2D eigenvalue weighted by atomic mass is 10.2. The lowest BCUT2D eigenvalue weighted by molar-refractivity contribution is 0.252. The molecular weight excluding hydrogens is 292 g/mol. The van der Waals surface area contributed by atoms with E-state index in [4.69, 9.17) is 0 Å². The van der Waals surface area contributed by atoms with Crippen molar-refractivity contribution in [3.63, 3.8) is 0 Å². The minimum atomic E-state index is -0.883. The number of hydrogen-bond donors (Lipinski definition) is 2. The first-order valence-corrected chi connectivity index (χ1v) is 6.58. The molecule has 1 aromatic carbocycles. The highest BCUT2D eigenvalue weighted by atomic mass is 19.1. The first-order valence-electron chi connectivity index (χ1n) is 6.58. The molecule has 1 aromatic heterocycles. The quantitative estimate of drug-likeness (QED) is 0.893. The summed E-state index contributed by atoms with van der Waals surface area (Å²) in [5, 5.41) is 4.94. The maximum absolute atomic E-state index is 13.5. The lowest BCUT2D eigenvalue weighted by Gasteiger charge is -2.09. The predicted molar refractivity (Wildman–Crippen MR) is 77.9 cm³/mol. The van der Waals surface area contributed by atoms with Crippen LogP contribution in [0.4, 0.5) is 19.3 Å². The zero-order chi connectivity index (χ0) is 15.9. The average molecular weight is 307 g/mol. The molecule has 0 bridgehead atoms. The van der Waals surface area contributed by atoms with Crippen LogP contribution in [0.2, 0.25) is 0 Å². The smallest absolute Gasteiger partial charge is 0.319 e. The number of methoxy groups -OCH3 is 1. The summed E-state index contributed by atoms with van der Waals surface area (Å²) in [6.07, 6.45) is 2.22. The molecule has 1 heterocycles. The molecule has 0 aliphatic carbocycles. The van der Waals surface area contributed by atoms with E-state index in [-0.39, 0.29) is 5.69 Å². The molecule has 0 fully saturated rings. The van der Waals surface area contributed by atoms with Crippen molar-refractivity contribution in [3.8, 4) is 5.75 Å². The van der Waals surface area contributed by atoms with Crippen molar-refractivity contribution in [1.82, 2.24) is 10.3 Å². The van der Waals surface area contributed by atoms with Gasteiger partial charge in [0.15, 0.2) is 17.4 Å². The molecule has 0 radical (unpaired) electrons. The third kappa shape index (κ3) is 4.15. The van der Waals surface area contributed by atoms with Crippen molar-refractivity contribution in [2.75, 3.05) is 19.0 Å². The van der Waals surface area contributed by atoms with Gasteiger partial charge in [0.2, 0.25) is 0 Å². The Hall–Kier alpha value is -2.70. The Bertz CT molecular complexity index is 627. The Balaban J connectivity index is 1.87. The number of carbonyl (C=O) groups excluding carboxylic acids is 1. The second-order valence-electron chi connectivity index (χ2n) is 4.43. The number of nitrogens with one attached hydrogen (secondary N) is 2. The van der Waals surface area contributed by atoms with Crippen molar-refractivity contribution < 1.29 is 18.3 Å². The van der Waals surface area contributed by atoms with Gasteiger partial charge in [-0.15, -0.1) is 0 Å². The Morgan fingerprint density at radius 3 is 2.59 bits per heavy atom. The van der Waals surface area contributed by atoms with Crippen LogP contribution in [-0.2, 0) is 6.42 Å². The SMILES string of the molecule is COc1c(F)cc(NC(=O)NCCc2ccccn2)cc1F. The van der Waals surface area contributed by atoms with Gasteiger partial charge in [0.25, 0.3) is 0 Å². The van der Waals surface area contributed by atoms with Crippen molar-refractivity contribution in [2.45, 2.75) is 6.42 Å². The van der Waals surface area contributed by atoms with Gasteiger partial charge >= 0.3 is 6.03 Å². The molecule has 2 N–H and O–H groups in total. The van der Waals surface area contributed by atoms with E-state index in [0.717, 1.165) is 17.8 Å². The zero-order valence-electron chi connectivity index (χ0n) is 11.9. The van der Waals surface area contributed by atoms with Crippen molar-refractivity contribution in [1.29, 1.82) is 0 Å². The standard InChI is InChI=1S/C15H15F2N3O2/c1-22-14-12(16)8-11(9-13(14)17)20-15(21)19-7-5-10-4-2-3-6-18-10/h2-4,6,8-9H,5,7H2,1H3,(H2,19,20,21). The number of nitrogens with zero attached hydrogens (tertiary/aromatic N) is 1. The normalized spacial score (nSPS) is 10.1. The van der Waals surface area contributed by atoms with Crippen LogP contribution in [0.3, 0.4) is 0 Å². The van der Waals surface area contributed by atoms with E-state index in [0.29, 0.717) is 13.0 Å². The largest absolute Gasteiger partial charge is 0.491 e. The summed E-state index contributed by atoms with van der Waals surface area (Å²) in [6.45, 7) is 0.351. The van der Waals surface area contributed by atoms with E-state index >= 15 is 0 Å². The fourth-order valence-corrected chi connectivity index (χ4v) is 1.85. The topological polar surface area (TPSA) is 63.2 Å². The molecule has 22 heavy (non-hydrogen) atoms. The summed E-state index contributed by atoms with van der Waals surface area (Å²) in [5.74, 6) is -2.25.